The predicted octanol–water partition coefficient (Wildman–Crippen LogP) is 4.91. The normalized spacial score (nSPS) is 14.5. The summed E-state index contributed by atoms with van der Waals surface area (Å²) in [5.74, 6) is 0. The average Bonchev–Trinajstić information content (AvgIpc) is 2.72. The maximum absolute atomic E-state index is 3.95. The molecule has 0 amide bonds. The molecule has 2 aromatic carbocycles. The van der Waals surface area contributed by atoms with Crippen molar-refractivity contribution in [2.75, 3.05) is 0 Å². The van der Waals surface area contributed by atoms with Gasteiger partial charge in [-0.25, -0.2) is 0 Å². The van der Waals surface area contributed by atoms with E-state index in [1.54, 1.807) is 0 Å². The van der Waals surface area contributed by atoms with Gasteiger partial charge in [-0.15, -0.1) is 13.2 Å². The minimum atomic E-state index is -0.00676. The molecule has 0 aromatic heterocycles. The molecule has 0 N–H and O–H groups in total. The van der Waals surface area contributed by atoms with Crippen LogP contribution in [0.25, 0.3) is 11.1 Å². The molecule has 3 rings (SSSR count). The van der Waals surface area contributed by atoms with Gasteiger partial charge >= 0.3 is 0 Å². The Morgan fingerprint density at radius 3 is 2.37 bits per heavy atom. The van der Waals surface area contributed by atoms with Gasteiger partial charge in [0.2, 0.25) is 0 Å². The summed E-state index contributed by atoms with van der Waals surface area (Å²) in [6, 6.07) is 18.2. The highest BCUT2D eigenvalue weighted by Gasteiger charge is 2.40. The topological polar surface area (TPSA) is 0 Å². The maximum atomic E-state index is 3.95. The molecule has 0 nitrogen and oxygen atoms in total. The van der Waals surface area contributed by atoms with Crippen LogP contribution in [0.4, 0.5) is 0 Å². The van der Waals surface area contributed by atoms with E-state index in [0.717, 1.165) is 12.8 Å². The summed E-state index contributed by atoms with van der Waals surface area (Å²) in [7, 11) is 0. The highest BCUT2D eigenvalue weighted by atomic mass is 14.4. The van der Waals surface area contributed by atoms with Crippen molar-refractivity contribution in [3.8, 4) is 11.1 Å². The van der Waals surface area contributed by atoms with E-state index in [-0.39, 0.29) is 5.41 Å². The first-order valence-electron chi connectivity index (χ1n) is 6.66. The van der Waals surface area contributed by atoms with Gasteiger partial charge in [-0.05, 0) is 47.2 Å². The van der Waals surface area contributed by atoms with Crippen molar-refractivity contribution in [3.63, 3.8) is 0 Å². The van der Waals surface area contributed by atoms with E-state index in [0.29, 0.717) is 0 Å². The average molecular weight is 245 g/mol. The number of fused-ring (bicyclic) bond motifs is 3. The molecule has 0 bridgehead atoms. The zero-order valence-corrected chi connectivity index (χ0v) is 11.0. The van der Waals surface area contributed by atoms with Crippen molar-refractivity contribution >= 4 is 0 Å². The minimum Gasteiger partial charge on any atom is -0.103 e. The van der Waals surface area contributed by atoms with Crippen LogP contribution in [-0.2, 0) is 5.41 Å². The zero-order valence-electron chi connectivity index (χ0n) is 11.0. The van der Waals surface area contributed by atoms with Gasteiger partial charge in [-0.2, -0.15) is 0 Å². The van der Waals surface area contributed by atoms with Crippen molar-refractivity contribution in [2.24, 2.45) is 0 Å². The smallest absolute Gasteiger partial charge is 0.0283 e. The molecule has 0 heteroatoms. The van der Waals surface area contributed by atoms with E-state index in [1.807, 2.05) is 18.2 Å². The third-order valence-corrected chi connectivity index (χ3v) is 4.10. The number of allylic oxidation sites excluding steroid dienone is 2. The van der Waals surface area contributed by atoms with Gasteiger partial charge in [0.05, 0.1) is 0 Å². The summed E-state index contributed by atoms with van der Waals surface area (Å²) in [6.45, 7) is 7.91. The van der Waals surface area contributed by atoms with Crippen LogP contribution in [-0.4, -0.2) is 0 Å². The summed E-state index contributed by atoms with van der Waals surface area (Å²) in [4.78, 5) is 0. The highest BCUT2D eigenvalue weighted by Crippen LogP contribution is 2.52. The third kappa shape index (κ3) is 1.60. The van der Waals surface area contributed by atoms with E-state index in [9.17, 15) is 0 Å². The molecule has 0 fully saturated rings. The summed E-state index contributed by atoms with van der Waals surface area (Å²) >= 11 is 0. The van der Waals surface area contributed by atoms with Crippen LogP contribution in [0.3, 0.4) is 0 Å². The second-order valence-electron chi connectivity index (χ2n) is 5.08. The number of hydrogen-bond acceptors (Lipinski definition) is 0. The first-order chi connectivity index (χ1) is 9.33. The lowest BCUT2D eigenvalue weighted by Crippen LogP contribution is -2.23. The predicted molar refractivity (Wildman–Crippen MR) is 81.1 cm³/mol. The zero-order chi connectivity index (χ0) is 13.3. The monoisotopic (exact) mass is 245 g/mol. The Bertz CT molecular complexity index is 576. The first kappa shape index (κ1) is 12.0. The lowest BCUT2D eigenvalue weighted by Gasteiger charge is -2.29. The van der Waals surface area contributed by atoms with Gasteiger partial charge in [-0.3, -0.25) is 0 Å². The largest absolute Gasteiger partial charge is 0.103 e. The molecule has 0 aliphatic heterocycles. The Hall–Kier alpha value is -2.08. The lowest BCUT2D eigenvalue weighted by molar-refractivity contribution is 0.543. The summed E-state index contributed by atoms with van der Waals surface area (Å²) < 4.78 is 0. The second kappa shape index (κ2) is 4.55. The Morgan fingerprint density at radius 2 is 1.63 bits per heavy atom. The molecule has 0 unspecified atom stereocenters. The maximum Gasteiger partial charge on any atom is 0.0283 e. The summed E-state index contributed by atoms with van der Waals surface area (Å²) in [5.41, 5.74) is 5.42. The highest BCUT2D eigenvalue weighted by molar-refractivity contribution is 5.81. The Morgan fingerprint density at radius 1 is 0.947 bits per heavy atom. The van der Waals surface area contributed by atoms with Crippen LogP contribution < -0.4 is 0 Å². The summed E-state index contributed by atoms with van der Waals surface area (Å²) in [5, 5.41) is 0. The Labute approximate surface area is 115 Å². The van der Waals surface area contributed by atoms with Crippen molar-refractivity contribution in [2.45, 2.75) is 18.3 Å². The Kier molecular flexibility index (Phi) is 2.87. The van der Waals surface area contributed by atoms with E-state index in [4.69, 9.17) is 0 Å². The van der Waals surface area contributed by atoms with E-state index in [1.165, 1.54) is 22.3 Å². The number of rotatable bonds is 4. The SMILES string of the molecule is C=CCC1(CC=C)c2c[c]ccc2-c2ccccc21. The third-order valence-electron chi connectivity index (χ3n) is 4.10. The minimum absolute atomic E-state index is 0.00676. The van der Waals surface area contributed by atoms with Crippen LogP contribution >= 0.6 is 0 Å². The van der Waals surface area contributed by atoms with Gasteiger partial charge in [0.1, 0.15) is 0 Å². The van der Waals surface area contributed by atoms with Crippen molar-refractivity contribution in [3.05, 3.63) is 85.0 Å². The van der Waals surface area contributed by atoms with Crippen LogP contribution in [0.1, 0.15) is 24.0 Å². The fraction of sp³-hybridized carbons (Fsp3) is 0.158. The Balaban J connectivity index is 2.34. The molecule has 0 heterocycles. The van der Waals surface area contributed by atoms with E-state index >= 15 is 0 Å². The molecule has 1 radical (unpaired) electrons. The van der Waals surface area contributed by atoms with Gasteiger partial charge in [0.25, 0.3) is 0 Å². The van der Waals surface area contributed by atoms with E-state index in [2.05, 4.69) is 55.6 Å². The van der Waals surface area contributed by atoms with Crippen molar-refractivity contribution in [1.29, 1.82) is 0 Å². The molecule has 1 aliphatic carbocycles. The van der Waals surface area contributed by atoms with Gasteiger partial charge in [-0.1, -0.05) is 48.6 Å². The fourth-order valence-corrected chi connectivity index (χ4v) is 3.36. The van der Waals surface area contributed by atoms with Gasteiger partial charge in [0, 0.05) is 5.41 Å². The molecule has 0 saturated carbocycles. The molecule has 0 saturated heterocycles. The first-order valence-corrected chi connectivity index (χ1v) is 6.66. The number of hydrogen-bond donors (Lipinski definition) is 0. The molecule has 2 aromatic rings. The van der Waals surface area contributed by atoms with Crippen LogP contribution in [0.2, 0.25) is 0 Å². The fourth-order valence-electron chi connectivity index (χ4n) is 3.36. The van der Waals surface area contributed by atoms with E-state index < -0.39 is 0 Å². The lowest BCUT2D eigenvalue weighted by atomic mass is 9.73. The summed E-state index contributed by atoms with van der Waals surface area (Å²) in [6.07, 6.45) is 5.90. The standard InChI is InChI=1S/C19H17/c1-3-13-19(14-4-2)17-11-7-5-9-15(17)16-10-6-8-12-18(16)19/h3-7,9-12H,1-2,13-14H2. The molecule has 0 atom stereocenters. The molecular formula is C19H17. The van der Waals surface area contributed by atoms with Crippen LogP contribution in [0.15, 0.2) is 67.8 Å². The van der Waals surface area contributed by atoms with Crippen LogP contribution in [0.5, 0.6) is 0 Å². The van der Waals surface area contributed by atoms with Crippen molar-refractivity contribution < 1.29 is 0 Å². The molecular weight excluding hydrogens is 228 g/mol. The molecule has 93 valence electrons. The molecule has 1 aliphatic rings. The van der Waals surface area contributed by atoms with Crippen LogP contribution in [0, 0.1) is 6.07 Å². The number of benzene rings is 2. The molecule has 0 spiro atoms. The quantitative estimate of drug-likeness (QED) is 0.672. The van der Waals surface area contributed by atoms with Gasteiger partial charge < -0.3 is 0 Å². The second-order valence-corrected chi connectivity index (χ2v) is 5.08. The van der Waals surface area contributed by atoms with Crippen molar-refractivity contribution in [1.82, 2.24) is 0 Å². The van der Waals surface area contributed by atoms with Gasteiger partial charge in [0.15, 0.2) is 0 Å². The molecule has 19 heavy (non-hydrogen) atoms.